The van der Waals surface area contributed by atoms with E-state index < -0.39 is 30.2 Å². The maximum Gasteiger partial charge on any atom is 0.387 e. The number of likely N-dealkylation sites (N-methyl/N-ethyl adjacent to an activating group) is 1. The first-order chi connectivity index (χ1) is 9.88. The van der Waals surface area contributed by atoms with Crippen molar-refractivity contribution in [3.05, 3.63) is 29.6 Å². The van der Waals surface area contributed by atoms with Gasteiger partial charge in [-0.3, -0.25) is 4.79 Å². The fourth-order valence-corrected chi connectivity index (χ4v) is 2.07. The van der Waals surface area contributed by atoms with Crippen LogP contribution in [0.3, 0.4) is 0 Å². The number of nitrogens with zero attached hydrogens (tertiary/aromatic N) is 1. The molecule has 1 unspecified atom stereocenters. The summed E-state index contributed by atoms with van der Waals surface area (Å²) in [6.07, 6.45) is 1.19. The summed E-state index contributed by atoms with van der Waals surface area (Å²) in [5, 5.41) is 9.81. The van der Waals surface area contributed by atoms with Gasteiger partial charge in [-0.25, -0.2) is 4.39 Å². The van der Waals surface area contributed by atoms with E-state index in [1.807, 2.05) is 0 Å². The van der Waals surface area contributed by atoms with Crippen molar-refractivity contribution in [2.75, 3.05) is 13.6 Å². The Morgan fingerprint density at radius 1 is 1.48 bits per heavy atom. The molecule has 0 saturated heterocycles. The summed E-state index contributed by atoms with van der Waals surface area (Å²) in [5.74, 6) is -1.71. The normalized spacial score (nSPS) is 15.9. The average Bonchev–Trinajstić information content (AvgIpc) is 3.21. The summed E-state index contributed by atoms with van der Waals surface area (Å²) in [7, 11) is 1.45. The second kappa shape index (κ2) is 6.34. The molecule has 1 saturated carbocycles. The van der Waals surface area contributed by atoms with E-state index in [0.29, 0.717) is 0 Å². The molecular weight excluding hydrogens is 287 g/mol. The smallest absolute Gasteiger partial charge is 0.387 e. The van der Waals surface area contributed by atoms with E-state index in [4.69, 9.17) is 0 Å². The van der Waals surface area contributed by atoms with Crippen molar-refractivity contribution in [1.82, 2.24) is 4.90 Å². The zero-order valence-electron chi connectivity index (χ0n) is 11.4. The van der Waals surface area contributed by atoms with Gasteiger partial charge in [-0.15, -0.1) is 0 Å². The molecule has 0 bridgehead atoms. The molecule has 0 radical (unpaired) electrons. The standard InChI is InChI=1S/C14H16F3NO3/c1-18(7-11(19)8-2-3-8)13(20)10-5-4-9(15)6-12(10)21-14(16)17/h4-6,8,11,14,19H,2-3,7H2,1H3. The number of alkyl halides is 2. The minimum Gasteiger partial charge on any atom is -0.434 e. The van der Waals surface area contributed by atoms with Crippen molar-refractivity contribution in [1.29, 1.82) is 0 Å². The van der Waals surface area contributed by atoms with Gasteiger partial charge in [-0.1, -0.05) is 0 Å². The van der Waals surface area contributed by atoms with Crippen LogP contribution in [0.4, 0.5) is 13.2 Å². The molecule has 1 aromatic rings. The van der Waals surface area contributed by atoms with Crippen LogP contribution in [0, 0.1) is 11.7 Å². The fourth-order valence-electron chi connectivity index (χ4n) is 2.07. The monoisotopic (exact) mass is 303 g/mol. The second-order valence-corrected chi connectivity index (χ2v) is 5.11. The molecular formula is C14H16F3NO3. The molecule has 1 amide bonds. The molecule has 0 aromatic heterocycles. The van der Waals surface area contributed by atoms with E-state index in [2.05, 4.69) is 4.74 Å². The molecule has 116 valence electrons. The first-order valence-corrected chi connectivity index (χ1v) is 6.56. The number of amides is 1. The number of rotatable bonds is 6. The highest BCUT2D eigenvalue weighted by Crippen LogP contribution is 2.33. The van der Waals surface area contributed by atoms with E-state index in [1.54, 1.807) is 0 Å². The number of carbonyl (C=O) groups is 1. The lowest BCUT2D eigenvalue weighted by Gasteiger charge is -2.22. The van der Waals surface area contributed by atoms with Gasteiger partial charge in [0.15, 0.2) is 0 Å². The van der Waals surface area contributed by atoms with E-state index in [0.717, 1.165) is 31.0 Å². The highest BCUT2D eigenvalue weighted by Gasteiger charge is 2.31. The molecule has 1 fully saturated rings. The Morgan fingerprint density at radius 3 is 2.71 bits per heavy atom. The van der Waals surface area contributed by atoms with Crippen LogP contribution >= 0.6 is 0 Å². The summed E-state index contributed by atoms with van der Waals surface area (Å²) in [6, 6.07) is 2.83. The number of halogens is 3. The average molecular weight is 303 g/mol. The zero-order valence-corrected chi connectivity index (χ0v) is 11.4. The van der Waals surface area contributed by atoms with Crippen molar-refractivity contribution >= 4 is 5.91 Å². The van der Waals surface area contributed by atoms with Crippen molar-refractivity contribution in [3.8, 4) is 5.75 Å². The molecule has 4 nitrogen and oxygen atoms in total. The Balaban J connectivity index is 2.13. The Hall–Kier alpha value is -1.76. The van der Waals surface area contributed by atoms with Crippen LogP contribution in [-0.2, 0) is 0 Å². The van der Waals surface area contributed by atoms with Crippen LogP contribution in [-0.4, -0.2) is 42.2 Å². The van der Waals surface area contributed by atoms with Gasteiger partial charge in [-0.2, -0.15) is 8.78 Å². The van der Waals surface area contributed by atoms with Crippen LogP contribution in [0.2, 0.25) is 0 Å². The van der Waals surface area contributed by atoms with Crippen LogP contribution in [0.5, 0.6) is 5.75 Å². The van der Waals surface area contributed by atoms with Crippen molar-refractivity contribution in [2.45, 2.75) is 25.6 Å². The maximum atomic E-state index is 13.1. The second-order valence-electron chi connectivity index (χ2n) is 5.11. The number of ether oxygens (including phenoxy) is 1. The predicted molar refractivity (Wildman–Crippen MR) is 68.7 cm³/mol. The lowest BCUT2D eigenvalue weighted by Crippen LogP contribution is -2.35. The maximum absolute atomic E-state index is 13.1. The number of aliphatic hydroxyl groups is 1. The van der Waals surface area contributed by atoms with Crippen molar-refractivity contribution in [3.63, 3.8) is 0 Å². The molecule has 0 heterocycles. The van der Waals surface area contributed by atoms with Gasteiger partial charge in [0.2, 0.25) is 0 Å². The lowest BCUT2D eigenvalue weighted by molar-refractivity contribution is -0.0504. The summed E-state index contributed by atoms with van der Waals surface area (Å²) in [4.78, 5) is 13.4. The molecule has 0 aliphatic heterocycles. The molecule has 2 rings (SSSR count). The van der Waals surface area contributed by atoms with Crippen LogP contribution in [0.25, 0.3) is 0 Å². The molecule has 1 N–H and O–H groups in total. The molecule has 0 spiro atoms. The summed E-state index contributed by atoms with van der Waals surface area (Å²) in [6.45, 7) is -3.06. The molecule has 7 heteroatoms. The Kier molecular flexibility index (Phi) is 4.72. The SMILES string of the molecule is CN(CC(O)C1CC1)C(=O)c1ccc(F)cc1OC(F)F. The van der Waals surface area contributed by atoms with Crippen molar-refractivity contribution in [2.24, 2.45) is 5.92 Å². The zero-order chi connectivity index (χ0) is 15.6. The van der Waals surface area contributed by atoms with E-state index in [1.165, 1.54) is 11.9 Å². The number of carbonyl (C=O) groups excluding carboxylic acids is 1. The number of aliphatic hydroxyl groups excluding tert-OH is 1. The summed E-state index contributed by atoms with van der Waals surface area (Å²) >= 11 is 0. The van der Waals surface area contributed by atoms with E-state index in [-0.39, 0.29) is 18.0 Å². The lowest BCUT2D eigenvalue weighted by atomic mass is 10.1. The third kappa shape index (κ3) is 4.10. The topological polar surface area (TPSA) is 49.8 Å². The first kappa shape index (κ1) is 15.6. The van der Waals surface area contributed by atoms with Gasteiger partial charge in [-0.05, 0) is 30.9 Å². The van der Waals surface area contributed by atoms with Crippen LogP contribution < -0.4 is 4.74 Å². The van der Waals surface area contributed by atoms with Crippen LogP contribution in [0.1, 0.15) is 23.2 Å². The third-order valence-electron chi connectivity index (χ3n) is 3.36. The summed E-state index contributed by atoms with van der Waals surface area (Å²) in [5.41, 5.74) is -0.165. The van der Waals surface area contributed by atoms with Gasteiger partial charge >= 0.3 is 6.61 Å². The molecule has 1 aliphatic carbocycles. The Bertz CT molecular complexity index is 520. The van der Waals surface area contributed by atoms with Crippen LogP contribution in [0.15, 0.2) is 18.2 Å². The molecule has 1 atom stereocenters. The minimum atomic E-state index is -3.15. The molecule has 21 heavy (non-hydrogen) atoms. The quantitative estimate of drug-likeness (QED) is 0.877. The number of benzene rings is 1. The van der Waals surface area contributed by atoms with Gasteiger partial charge in [0.25, 0.3) is 5.91 Å². The Labute approximate surface area is 120 Å². The van der Waals surface area contributed by atoms with Gasteiger partial charge in [0, 0.05) is 19.7 Å². The van der Waals surface area contributed by atoms with E-state index >= 15 is 0 Å². The third-order valence-corrected chi connectivity index (χ3v) is 3.36. The highest BCUT2D eigenvalue weighted by molar-refractivity contribution is 5.96. The molecule has 1 aromatic carbocycles. The fraction of sp³-hybridized carbons (Fsp3) is 0.500. The highest BCUT2D eigenvalue weighted by atomic mass is 19.3. The van der Waals surface area contributed by atoms with Gasteiger partial charge in [0.05, 0.1) is 11.7 Å². The first-order valence-electron chi connectivity index (χ1n) is 6.56. The van der Waals surface area contributed by atoms with E-state index in [9.17, 15) is 23.1 Å². The van der Waals surface area contributed by atoms with Gasteiger partial charge in [0.1, 0.15) is 11.6 Å². The minimum absolute atomic E-state index is 0.0923. The predicted octanol–water partition coefficient (Wildman–Crippen LogP) is 2.27. The number of hydrogen-bond donors (Lipinski definition) is 1. The van der Waals surface area contributed by atoms with Gasteiger partial charge < -0.3 is 14.7 Å². The van der Waals surface area contributed by atoms with Crippen molar-refractivity contribution < 1.29 is 27.8 Å². The largest absolute Gasteiger partial charge is 0.434 e. The Morgan fingerprint density at radius 2 is 2.14 bits per heavy atom. The number of hydrogen-bond acceptors (Lipinski definition) is 3. The summed E-state index contributed by atoms with van der Waals surface area (Å²) < 4.78 is 41.9. The molecule has 1 aliphatic rings.